The van der Waals surface area contributed by atoms with Gasteiger partial charge in [-0.15, -0.1) is 0 Å². The van der Waals surface area contributed by atoms with E-state index in [-0.39, 0.29) is 23.7 Å². The molecule has 2 aliphatic rings. The second-order valence-electron chi connectivity index (χ2n) is 4.94. The Kier molecular flexibility index (Phi) is 2.10. The molecule has 2 unspecified atom stereocenters. The van der Waals surface area contributed by atoms with E-state index in [2.05, 4.69) is 0 Å². The zero-order chi connectivity index (χ0) is 13.9. The first-order valence-corrected chi connectivity index (χ1v) is 6.29. The lowest BCUT2D eigenvalue weighted by Crippen LogP contribution is -2.12. The first-order chi connectivity index (χ1) is 9.70. The monoisotopic (exact) mass is 270 g/mol. The number of esters is 1. The Morgan fingerprint density at radius 1 is 1.20 bits per heavy atom. The van der Waals surface area contributed by atoms with Crippen molar-refractivity contribution in [2.24, 2.45) is 0 Å². The lowest BCUT2D eigenvalue weighted by atomic mass is 9.95. The van der Waals surface area contributed by atoms with Crippen LogP contribution in [0.2, 0.25) is 0 Å². The number of carbonyl (C=O) groups is 2. The highest BCUT2D eigenvalue weighted by Gasteiger charge is 2.47. The molecule has 4 rings (SSSR count). The molecule has 5 heteroatoms. The Balaban J connectivity index is 2.08. The van der Waals surface area contributed by atoms with Crippen LogP contribution in [-0.2, 0) is 9.53 Å². The minimum Gasteiger partial charge on any atom is -0.507 e. The van der Waals surface area contributed by atoms with E-state index in [0.717, 1.165) is 5.39 Å². The maximum atomic E-state index is 11.4. The van der Waals surface area contributed by atoms with Gasteiger partial charge >= 0.3 is 5.97 Å². The van der Waals surface area contributed by atoms with Gasteiger partial charge in [0.1, 0.15) is 11.5 Å². The van der Waals surface area contributed by atoms with Crippen LogP contribution in [0.15, 0.2) is 24.3 Å². The number of phenols is 1. The van der Waals surface area contributed by atoms with Crippen LogP contribution in [-0.4, -0.2) is 23.5 Å². The van der Waals surface area contributed by atoms with E-state index in [1.54, 1.807) is 12.1 Å². The Morgan fingerprint density at radius 2 is 1.95 bits per heavy atom. The molecule has 2 heterocycles. The first-order valence-electron chi connectivity index (χ1n) is 6.29. The molecule has 0 saturated carbocycles. The van der Waals surface area contributed by atoms with E-state index in [4.69, 9.17) is 9.47 Å². The second kappa shape index (κ2) is 3.72. The zero-order valence-electron chi connectivity index (χ0n) is 10.3. The van der Waals surface area contributed by atoms with E-state index in [1.165, 1.54) is 0 Å². The number of rotatable bonds is 1. The quantitative estimate of drug-likeness (QED) is 0.634. The fourth-order valence-electron chi connectivity index (χ4n) is 2.99. The lowest BCUT2D eigenvalue weighted by molar-refractivity contribution is -0.141. The Bertz CT molecular complexity index is 764. The molecule has 1 saturated heterocycles. The molecule has 5 nitrogen and oxygen atoms in total. The maximum absolute atomic E-state index is 11.4. The van der Waals surface area contributed by atoms with Crippen molar-refractivity contribution in [2.75, 3.05) is 0 Å². The summed E-state index contributed by atoms with van der Waals surface area (Å²) in [5.74, 6) is 0.0831. The summed E-state index contributed by atoms with van der Waals surface area (Å²) in [6.07, 6.45) is -0.278. The topological polar surface area (TPSA) is 72.8 Å². The molecule has 1 fully saturated rings. The molecule has 0 bridgehead atoms. The van der Waals surface area contributed by atoms with Crippen LogP contribution in [0.1, 0.15) is 28.4 Å². The molecule has 2 atom stereocenters. The van der Waals surface area contributed by atoms with Gasteiger partial charge in [-0.1, -0.05) is 24.3 Å². The van der Waals surface area contributed by atoms with Crippen molar-refractivity contribution in [3.63, 3.8) is 0 Å². The molecule has 2 aliphatic heterocycles. The molecule has 2 aromatic rings. The van der Waals surface area contributed by atoms with Gasteiger partial charge in [-0.3, -0.25) is 9.59 Å². The Morgan fingerprint density at radius 3 is 2.70 bits per heavy atom. The molecular formula is C15H10O5. The number of aldehydes is 1. The number of hydrogen-bond acceptors (Lipinski definition) is 5. The predicted octanol–water partition coefficient (Wildman–Crippen LogP) is 2.11. The van der Waals surface area contributed by atoms with E-state index in [9.17, 15) is 14.7 Å². The van der Waals surface area contributed by atoms with Gasteiger partial charge in [0.05, 0.1) is 17.5 Å². The average molecular weight is 270 g/mol. The van der Waals surface area contributed by atoms with Gasteiger partial charge in [-0.2, -0.15) is 0 Å². The van der Waals surface area contributed by atoms with Gasteiger partial charge in [0.2, 0.25) is 0 Å². The van der Waals surface area contributed by atoms with Crippen LogP contribution in [0.5, 0.6) is 11.5 Å². The molecule has 0 aromatic heterocycles. The number of fused-ring (bicyclic) bond motifs is 5. The highest BCUT2D eigenvalue weighted by atomic mass is 16.6. The van der Waals surface area contributed by atoms with Gasteiger partial charge in [-0.05, 0) is 0 Å². The summed E-state index contributed by atoms with van der Waals surface area (Å²) in [6.45, 7) is 0. The van der Waals surface area contributed by atoms with Crippen molar-refractivity contribution in [1.82, 2.24) is 0 Å². The minimum absolute atomic E-state index is 0.0958. The van der Waals surface area contributed by atoms with E-state index >= 15 is 0 Å². The number of phenolic OH excluding ortho intramolecular Hbond substituents is 1. The molecule has 2 aromatic carbocycles. The number of ether oxygens (including phenoxy) is 2. The number of aromatic hydroxyl groups is 1. The predicted molar refractivity (Wildman–Crippen MR) is 68.9 cm³/mol. The Labute approximate surface area is 113 Å². The first kappa shape index (κ1) is 11.3. The van der Waals surface area contributed by atoms with E-state index < -0.39 is 12.2 Å². The summed E-state index contributed by atoms with van der Waals surface area (Å²) in [5, 5.41) is 11.5. The normalized spacial score (nSPS) is 23.1. The van der Waals surface area contributed by atoms with Crippen LogP contribution in [0.3, 0.4) is 0 Å². The van der Waals surface area contributed by atoms with Crippen LogP contribution < -0.4 is 4.74 Å². The smallest absolute Gasteiger partial charge is 0.310 e. The van der Waals surface area contributed by atoms with Crippen LogP contribution in [0.4, 0.5) is 0 Å². The highest BCUT2D eigenvalue weighted by Crippen LogP contribution is 2.51. The summed E-state index contributed by atoms with van der Waals surface area (Å²) >= 11 is 0. The van der Waals surface area contributed by atoms with Crippen LogP contribution in [0.25, 0.3) is 10.8 Å². The third-order valence-electron chi connectivity index (χ3n) is 3.85. The molecule has 0 amide bonds. The SMILES string of the molecule is O=Cc1c2c(c3ccccc3c1O)OC1CC(=O)OC21. The third-order valence-corrected chi connectivity index (χ3v) is 3.85. The second-order valence-corrected chi connectivity index (χ2v) is 4.94. The summed E-state index contributed by atoms with van der Waals surface area (Å²) in [6, 6.07) is 7.14. The van der Waals surface area contributed by atoms with Crippen LogP contribution >= 0.6 is 0 Å². The fourth-order valence-corrected chi connectivity index (χ4v) is 2.99. The molecule has 20 heavy (non-hydrogen) atoms. The molecule has 100 valence electrons. The largest absolute Gasteiger partial charge is 0.507 e. The minimum atomic E-state index is -0.604. The summed E-state index contributed by atoms with van der Waals surface area (Å²) in [7, 11) is 0. The lowest BCUT2D eigenvalue weighted by Gasteiger charge is -2.12. The zero-order valence-corrected chi connectivity index (χ0v) is 10.3. The van der Waals surface area contributed by atoms with Gasteiger partial charge in [0.25, 0.3) is 0 Å². The number of hydrogen-bond donors (Lipinski definition) is 1. The van der Waals surface area contributed by atoms with Crippen molar-refractivity contribution < 1.29 is 24.2 Å². The van der Waals surface area contributed by atoms with Gasteiger partial charge in [0, 0.05) is 10.8 Å². The van der Waals surface area contributed by atoms with Crippen LogP contribution in [0, 0.1) is 0 Å². The van der Waals surface area contributed by atoms with Gasteiger partial charge < -0.3 is 14.6 Å². The number of carbonyl (C=O) groups excluding carboxylic acids is 2. The van der Waals surface area contributed by atoms with Crippen molar-refractivity contribution in [3.05, 3.63) is 35.4 Å². The molecular weight excluding hydrogens is 260 g/mol. The molecule has 1 N–H and O–H groups in total. The highest BCUT2D eigenvalue weighted by molar-refractivity contribution is 6.02. The van der Waals surface area contributed by atoms with E-state index in [0.29, 0.717) is 23.0 Å². The number of benzene rings is 2. The summed E-state index contributed by atoms with van der Waals surface area (Å²) in [5.41, 5.74) is 0.618. The van der Waals surface area contributed by atoms with Gasteiger partial charge in [0.15, 0.2) is 18.5 Å². The van der Waals surface area contributed by atoms with Crippen molar-refractivity contribution in [3.8, 4) is 11.5 Å². The average Bonchev–Trinajstić information content (AvgIpc) is 2.96. The molecule has 0 spiro atoms. The van der Waals surface area contributed by atoms with E-state index in [1.807, 2.05) is 12.1 Å². The van der Waals surface area contributed by atoms with Gasteiger partial charge in [-0.25, -0.2) is 0 Å². The Hall–Kier alpha value is -2.56. The molecule has 0 radical (unpaired) electrons. The van der Waals surface area contributed by atoms with Crippen molar-refractivity contribution in [1.29, 1.82) is 0 Å². The molecule has 0 aliphatic carbocycles. The van der Waals surface area contributed by atoms with Crippen molar-refractivity contribution in [2.45, 2.75) is 18.6 Å². The third kappa shape index (κ3) is 1.27. The van der Waals surface area contributed by atoms with Crippen molar-refractivity contribution >= 4 is 23.0 Å². The summed E-state index contributed by atoms with van der Waals surface area (Å²) in [4.78, 5) is 22.7. The summed E-state index contributed by atoms with van der Waals surface area (Å²) < 4.78 is 11.0. The standard InChI is InChI=1S/C15H10O5/c16-6-9-12-14(19-10-5-11(17)20-15(10)12)8-4-2-1-3-7(8)13(9)18/h1-4,6,10,15,18H,5H2. The fraction of sp³-hybridized carbons (Fsp3) is 0.200. The maximum Gasteiger partial charge on any atom is 0.310 e.